The minimum Gasteiger partial charge on any atom is -0.491 e. The van der Waals surface area contributed by atoms with Gasteiger partial charge in [-0.2, -0.15) is 0 Å². The highest BCUT2D eigenvalue weighted by Gasteiger charge is 2.02. The number of carbonyl (C=O) groups excluding carboxylic acids is 1. The first-order chi connectivity index (χ1) is 7.77. The molecule has 0 spiro atoms. The molecule has 3 heteroatoms. The molecule has 0 saturated carbocycles. The number of ketones is 1. The molecule has 82 valence electrons. The summed E-state index contributed by atoms with van der Waals surface area (Å²) in [5, 5.41) is 1.04. The van der Waals surface area contributed by atoms with Crippen molar-refractivity contribution in [2.45, 2.75) is 13.3 Å². The number of nitrogens with zero attached hydrogens (tertiary/aromatic N) is 1. The second-order valence-electron chi connectivity index (χ2n) is 3.63. The third-order valence-electron chi connectivity index (χ3n) is 2.31. The van der Waals surface area contributed by atoms with E-state index in [2.05, 4.69) is 4.98 Å². The monoisotopic (exact) mass is 215 g/mol. The lowest BCUT2D eigenvalue weighted by molar-refractivity contribution is -0.117. The lowest BCUT2D eigenvalue weighted by Crippen LogP contribution is -2.03. The minimum atomic E-state index is 0.133. The fraction of sp³-hybridized carbons (Fsp3) is 0.231. The molecule has 16 heavy (non-hydrogen) atoms. The Bertz CT molecular complexity index is 503. The van der Waals surface area contributed by atoms with Gasteiger partial charge in [0.1, 0.15) is 17.0 Å². The van der Waals surface area contributed by atoms with Crippen molar-refractivity contribution in [1.29, 1.82) is 0 Å². The Morgan fingerprint density at radius 3 is 2.94 bits per heavy atom. The van der Waals surface area contributed by atoms with Gasteiger partial charge >= 0.3 is 0 Å². The highest BCUT2D eigenvalue weighted by molar-refractivity contribution is 5.84. The SMILES string of the molecule is CC(=O)CCOc1cccc2cccnc12. The summed E-state index contributed by atoms with van der Waals surface area (Å²) in [6.07, 6.45) is 2.17. The van der Waals surface area contributed by atoms with Crippen LogP contribution < -0.4 is 4.74 Å². The van der Waals surface area contributed by atoms with Crippen molar-refractivity contribution < 1.29 is 9.53 Å². The maximum Gasteiger partial charge on any atom is 0.145 e. The van der Waals surface area contributed by atoms with Crippen molar-refractivity contribution in [3.63, 3.8) is 0 Å². The van der Waals surface area contributed by atoms with Crippen molar-refractivity contribution in [2.24, 2.45) is 0 Å². The standard InChI is InChI=1S/C13H13NO2/c1-10(15)7-9-16-12-6-2-4-11-5-3-8-14-13(11)12/h2-6,8H,7,9H2,1H3. The zero-order valence-corrected chi connectivity index (χ0v) is 9.14. The summed E-state index contributed by atoms with van der Waals surface area (Å²) in [5.41, 5.74) is 0.841. The van der Waals surface area contributed by atoms with E-state index in [0.29, 0.717) is 13.0 Å². The van der Waals surface area contributed by atoms with Crippen LogP contribution in [-0.2, 0) is 4.79 Å². The maximum absolute atomic E-state index is 10.8. The Labute approximate surface area is 94.1 Å². The lowest BCUT2D eigenvalue weighted by atomic mass is 10.2. The number of rotatable bonds is 4. The van der Waals surface area contributed by atoms with Gasteiger partial charge in [-0.25, -0.2) is 0 Å². The van der Waals surface area contributed by atoms with E-state index in [1.54, 1.807) is 13.1 Å². The lowest BCUT2D eigenvalue weighted by Gasteiger charge is -2.07. The molecule has 2 rings (SSSR count). The second-order valence-corrected chi connectivity index (χ2v) is 3.63. The molecule has 1 heterocycles. The van der Waals surface area contributed by atoms with Gasteiger partial charge in [-0.15, -0.1) is 0 Å². The Hall–Kier alpha value is -1.90. The second kappa shape index (κ2) is 4.75. The Morgan fingerprint density at radius 1 is 1.31 bits per heavy atom. The van der Waals surface area contributed by atoms with E-state index in [1.807, 2.05) is 30.3 Å². The zero-order chi connectivity index (χ0) is 11.4. The summed E-state index contributed by atoms with van der Waals surface area (Å²) >= 11 is 0. The van der Waals surface area contributed by atoms with Gasteiger partial charge in [0, 0.05) is 18.0 Å². The molecule has 0 N–H and O–H groups in total. The molecule has 0 atom stereocenters. The van der Waals surface area contributed by atoms with E-state index in [4.69, 9.17) is 4.74 Å². The fourth-order valence-corrected chi connectivity index (χ4v) is 1.50. The van der Waals surface area contributed by atoms with Gasteiger partial charge in [-0.3, -0.25) is 9.78 Å². The number of Topliss-reactive ketones (excluding diaryl/α,β-unsaturated/α-hetero) is 1. The first kappa shape index (κ1) is 10.6. The molecule has 0 aliphatic heterocycles. The number of pyridine rings is 1. The molecule has 0 radical (unpaired) electrons. The topological polar surface area (TPSA) is 39.2 Å². The average Bonchev–Trinajstić information content (AvgIpc) is 2.29. The quantitative estimate of drug-likeness (QED) is 0.786. The first-order valence-corrected chi connectivity index (χ1v) is 5.23. The summed E-state index contributed by atoms with van der Waals surface area (Å²) < 4.78 is 5.55. The molecule has 0 aliphatic rings. The summed E-state index contributed by atoms with van der Waals surface area (Å²) in [7, 11) is 0. The van der Waals surface area contributed by atoms with E-state index in [0.717, 1.165) is 16.7 Å². The Balaban J connectivity index is 2.20. The van der Waals surface area contributed by atoms with Crippen LogP contribution in [0.5, 0.6) is 5.75 Å². The van der Waals surface area contributed by atoms with Crippen LogP contribution in [0.3, 0.4) is 0 Å². The molecule has 0 unspecified atom stereocenters. The zero-order valence-electron chi connectivity index (χ0n) is 9.14. The molecular weight excluding hydrogens is 202 g/mol. The normalized spacial score (nSPS) is 10.3. The number of carbonyl (C=O) groups is 1. The molecule has 0 bridgehead atoms. The molecule has 0 amide bonds. The van der Waals surface area contributed by atoms with Gasteiger partial charge in [0.25, 0.3) is 0 Å². The van der Waals surface area contributed by atoms with E-state index < -0.39 is 0 Å². The Kier molecular flexibility index (Phi) is 3.15. The van der Waals surface area contributed by atoms with Gasteiger partial charge < -0.3 is 4.74 Å². The number of fused-ring (bicyclic) bond motifs is 1. The summed E-state index contributed by atoms with van der Waals surface area (Å²) in [6.45, 7) is 1.97. The van der Waals surface area contributed by atoms with Crippen molar-refractivity contribution in [2.75, 3.05) is 6.61 Å². The van der Waals surface area contributed by atoms with Gasteiger partial charge in [0.05, 0.1) is 6.61 Å². The summed E-state index contributed by atoms with van der Waals surface area (Å²) in [5.74, 6) is 0.868. The fourth-order valence-electron chi connectivity index (χ4n) is 1.50. The average molecular weight is 215 g/mol. The molecule has 1 aromatic carbocycles. The molecule has 0 fully saturated rings. The molecular formula is C13H13NO2. The summed E-state index contributed by atoms with van der Waals surface area (Å²) in [6, 6.07) is 9.66. The van der Waals surface area contributed by atoms with Crippen molar-refractivity contribution >= 4 is 16.7 Å². The van der Waals surface area contributed by atoms with Crippen LogP contribution in [0.15, 0.2) is 36.5 Å². The van der Waals surface area contributed by atoms with Crippen LogP contribution in [0, 0.1) is 0 Å². The molecule has 0 saturated heterocycles. The van der Waals surface area contributed by atoms with Gasteiger partial charge in [0.15, 0.2) is 0 Å². The molecule has 2 aromatic rings. The van der Waals surface area contributed by atoms with Crippen molar-refractivity contribution in [3.05, 3.63) is 36.5 Å². The van der Waals surface area contributed by atoms with E-state index >= 15 is 0 Å². The smallest absolute Gasteiger partial charge is 0.145 e. The van der Waals surface area contributed by atoms with Crippen molar-refractivity contribution in [3.8, 4) is 5.75 Å². The van der Waals surface area contributed by atoms with Gasteiger partial charge in [-0.05, 0) is 19.1 Å². The largest absolute Gasteiger partial charge is 0.491 e. The van der Waals surface area contributed by atoms with Crippen LogP contribution in [-0.4, -0.2) is 17.4 Å². The molecule has 1 aromatic heterocycles. The summed E-state index contributed by atoms with van der Waals surface area (Å²) in [4.78, 5) is 15.1. The van der Waals surface area contributed by atoms with Crippen LogP contribution >= 0.6 is 0 Å². The predicted octanol–water partition coefficient (Wildman–Crippen LogP) is 2.59. The van der Waals surface area contributed by atoms with Gasteiger partial charge in [-0.1, -0.05) is 18.2 Å². The maximum atomic E-state index is 10.8. The van der Waals surface area contributed by atoms with E-state index in [9.17, 15) is 4.79 Å². The number of benzene rings is 1. The molecule has 3 nitrogen and oxygen atoms in total. The number of hydrogen-bond donors (Lipinski definition) is 0. The van der Waals surface area contributed by atoms with Crippen LogP contribution in [0.1, 0.15) is 13.3 Å². The predicted molar refractivity (Wildman–Crippen MR) is 62.5 cm³/mol. The van der Waals surface area contributed by atoms with Gasteiger partial charge in [0.2, 0.25) is 0 Å². The minimum absolute atomic E-state index is 0.133. The van der Waals surface area contributed by atoms with Crippen LogP contribution in [0.25, 0.3) is 10.9 Å². The number of aromatic nitrogens is 1. The highest BCUT2D eigenvalue weighted by Crippen LogP contribution is 2.22. The van der Waals surface area contributed by atoms with Crippen LogP contribution in [0.4, 0.5) is 0 Å². The van der Waals surface area contributed by atoms with E-state index in [1.165, 1.54) is 0 Å². The number of ether oxygens (including phenoxy) is 1. The van der Waals surface area contributed by atoms with Crippen LogP contribution in [0.2, 0.25) is 0 Å². The first-order valence-electron chi connectivity index (χ1n) is 5.23. The molecule has 0 aliphatic carbocycles. The Morgan fingerprint density at radius 2 is 2.12 bits per heavy atom. The third kappa shape index (κ3) is 2.37. The van der Waals surface area contributed by atoms with Crippen molar-refractivity contribution in [1.82, 2.24) is 4.98 Å². The number of para-hydroxylation sites is 1. The third-order valence-corrected chi connectivity index (χ3v) is 2.31. The van der Waals surface area contributed by atoms with E-state index in [-0.39, 0.29) is 5.78 Å². The number of hydrogen-bond acceptors (Lipinski definition) is 3. The highest BCUT2D eigenvalue weighted by atomic mass is 16.5.